The van der Waals surface area contributed by atoms with Gasteiger partial charge >= 0.3 is 0 Å². The van der Waals surface area contributed by atoms with Gasteiger partial charge in [0, 0.05) is 54.7 Å². The Morgan fingerprint density at radius 1 is 1.00 bits per heavy atom. The Bertz CT molecular complexity index is 849. The standard InChI is InChI=1S/C20H22ClN5/c1-2-25-9-11-26(12-10-25)19-8-5-16(13-22-19)20-23-14-18(24-20)15-3-6-17(21)7-4-15/h3-8,13-14H,2,9-12H2,1H3,(H,23,24). The molecule has 1 saturated heterocycles. The summed E-state index contributed by atoms with van der Waals surface area (Å²) in [6.07, 6.45) is 3.81. The van der Waals surface area contributed by atoms with Crippen LogP contribution >= 0.6 is 11.6 Å². The highest BCUT2D eigenvalue weighted by Gasteiger charge is 2.17. The van der Waals surface area contributed by atoms with Gasteiger partial charge in [0.25, 0.3) is 0 Å². The van der Waals surface area contributed by atoms with Crippen LogP contribution in [0.4, 0.5) is 5.82 Å². The van der Waals surface area contributed by atoms with Gasteiger partial charge in [-0.05, 0) is 30.8 Å². The van der Waals surface area contributed by atoms with Gasteiger partial charge in [-0.3, -0.25) is 0 Å². The molecule has 0 aliphatic carbocycles. The molecule has 0 amide bonds. The molecule has 1 aliphatic heterocycles. The molecule has 1 N–H and O–H groups in total. The number of anilines is 1. The van der Waals surface area contributed by atoms with Gasteiger partial charge in [0.05, 0.1) is 5.69 Å². The lowest BCUT2D eigenvalue weighted by Gasteiger charge is -2.34. The van der Waals surface area contributed by atoms with Crippen LogP contribution in [-0.2, 0) is 0 Å². The zero-order chi connectivity index (χ0) is 17.9. The summed E-state index contributed by atoms with van der Waals surface area (Å²) in [5, 5.41) is 0.726. The topological polar surface area (TPSA) is 48.0 Å². The molecule has 6 heteroatoms. The Kier molecular flexibility index (Phi) is 4.91. The number of pyridine rings is 1. The van der Waals surface area contributed by atoms with Crippen molar-refractivity contribution < 1.29 is 0 Å². The number of hydrogen-bond acceptors (Lipinski definition) is 4. The number of nitrogens with zero attached hydrogens (tertiary/aromatic N) is 4. The highest BCUT2D eigenvalue weighted by atomic mass is 35.5. The second-order valence-electron chi connectivity index (χ2n) is 6.47. The number of halogens is 1. The van der Waals surface area contributed by atoms with E-state index >= 15 is 0 Å². The molecule has 3 heterocycles. The zero-order valence-electron chi connectivity index (χ0n) is 14.8. The molecule has 4 rings (SSSR count). The molecule has 134 valence electrons. The summed E-state index contributed by atoms with van der Waals surface area (Å²) in [6.45, 7) is 7.59. The molecule has 0 atom stereocenters. The van der Waals surface area contributed by atoms with E-state index in [1.54, 1.807) is 0 Å². The van der Waals surface area contributed by atoms with Crippen molar-refractivity contribution in [3.05, 3.63) is 53.8 Å². The maximum atomic E-state index is 5.95. The SMILES string of the molecule is CCN1CCN(c2ccc(-c3nc(-c4ccc(Cl)cc4)c[nH]3)cn2)CC1. The van der Waals surface area contributed by atoms with Crippen molar-refractivity contribution in [3.8, 4) is 22.6 Å². The third-order valence-corrected chi connectivity index (χ3v) is 5.13. The fourth-order valence-electron chi connectivity index (χ4n) is 3.24. The van der Waals surface area contributed by atoms with Crippen LogP contribution in [0, 0.1) is 0 Å². The van der Waals surface area contributed by atoms with E-state index in [0.29, 0.717) is 0 Å². The maximum Gasteiger partial charge on any atom is 0.139 e. The summed E-state index contributed by atoms with van der Waals surface area (Å²) in [5.74, 6) is 1.86. The monoisotopic (exact) mass is 367 g/mol. The molecule has 1 fully saturated rings. The van der Waals surface area contributed by atoms with Crippen LogP contribution in [-0.4, -0.2) is 52.6 Å². The number of rotatable bonds is 4. The van der Waals surface area contributed by atoms with Crippen molar-refractivity contribution in [2.24, 2.45) is 0 Å². The van der Waals surface area contributed by atoms with Gasteiger partial charge in [-0.2, -0.15) is 0 Å². The fraction of sp³-hybridized carbons (Fsp3) is 0.300. The lowest BCUT2D eigenvalue weighted by molar-refractivity contribution is 0.270. The summed E-state index contributed by atoms with van der Waals surface area (Å²) in [6, 6.07) is 11.9. The highest BCUT2D eigenvalue weighted by Crippen LogP contribution is 2.24. The van der Waals surface area contributed by atoms with Crippen LogP contribution < -0.4 is 4.90 Å². The molecule has 2 aromatic heterocycles. The minimum Gasteiger partial charge on any atom is -0.354 e. The van der Waals surface area contributed by atoms with Crippen molar-refractivity contribution in [1.82, 2.24) is 19.9 Å². The Hall–Kier alpha value is -2.37. The second kappa shape index (κ2) is 7.48. The Balaban J connectivity index is 1.48. The number of aromatic amines is 1. The van der Waals surface area contributed by atoms with E-state index in [2.05, 4.69) is 43.8 Å². The molecule has 3 aromatic rings. The number of H-pyrrole nitrogens is 1. The van der Waals surface area contributed by atoms with Crippen LogP contribution in [0.2, 0.25) is 5.02 Å². The van der Waals surface area contributed by atoms with Gasteiger partial charge in [0.1, 0.15) is 11.6 Å². The summed E-state index contributed by atoms with van der Waals surface area (Å²) < 4.78 is 0. The van der Waals surface area contributed by atoms with E-state index < -0.39 is 0 Å². The van der Waals surface area contributed by atoms with Crippen LogP contribution in [0.3, 0.4) is 0 Å². The smallest absolute Gasteiger partial charge is 0.139 e. The van der Waals surface area contributed by atoms with E-state index in [9.17, 15) is 0 Å². The minimum atomic E-state index is 0.726. The van der Waals surface area contributed by atoms with E-state index in [0.717, 1.165) is 66.2 Å². The van der Waals surface area contributed by atoms with E-state index in [-0.39, 0.29) is 0 Å². The van der Waals surface area contributed by atoms with Gasteiger partial charge < -0.3 is 14.8 Å². The largest absolute Gasteiger partial charge is 0.354 e. The number of piperazine rings is 1. The normalized spacial score (nSPS) is 15.4. The highest BCUT2D eigenvalue weighted by molar-refractivity contribution is 6.30. The van der Waals surface area contributed by atoms with E-state index in [4.69, 9.17) is 11.6 Å². The predicted octanol–water partition coefficient (Wildman–Crippen LogP) is 3.93. The van der Waals surface area contributed by atoms with Crippen LogP contribution in [0.15, 0.2) is 48.8 Å². The lowest BCUT2D eigenvalue weighted by Crippen LogP contribution is -2.46. The van der Waals surface area contributed by atoms with Crippen LogP contribution in [0.1, 0.15) is 6.92 Å². The summed E-state index contributed by atoms with van der Waals surface area (Å²) in [4.78, 5) is 17.4. The third-order valence-electron chi connectivity index (χ3n) is 4.88. The molecule has 0 radical (unpaired) electrons. The number of aromatic nitrogens is 3. The number of imidazole rings is 1. The van der Waals surface area contributed by atoms with Crippen LogP contribution in [0.25, 0.3) is 22.6 Å². The van der Waals surface area contributed by atoms with Crippen molar-refractivity contribution in [1.29, 1.82) is 0 Å². The summed E-state index contributed by atoms with van der Waals surface area (Å²) in [5.41, 5.74) is 2.92. The Morgan fingerprint density at radius 2 is 1.73 bits per heavy atom. The summed E-state index contributed by atoms with van der Waals surface area (Å²) in [7, 11) is 0. The number of hydrogen-bond donors (Lipinski definition) is 1. The quantitative estimate of drug-likeness (QED) is 0.758. The van der Waals surface area contributed by atoms with Gasteiger partial charge in [0.2, 0.25) is 0 Å². The molecule has 0 unspecified atom stereocenters. The summed E-state index contributed by atoms with van der Waals surface area (Å²) >= 11 is 5.95. The minimum absolute atomic E-state index is 0.726. The third kappa shape index (κ3) is 3.59. The van der Waals surface area contributed by atoms with E-state index in [1.165, 1.54) is 0 Å². The Labute approximate surface area is 158 Å². The molecule has 5 nitrogen and oxygen atoms in total. The lowest BCUT2D eigenvalue weighted by atomic mass is 10.2. The average molecular weight is 368 g/mol. The van der Waals surface area contributed by atoms with Crippen molar-refractivity contribution in [3.63, 3.8) is 0 Å². The van der Waals surface area contributed by atoms with Crippen molar-refractivity contribution in [2.45, 2.75) is 6.92 Å². The van der Waals surface area contributed by atoms with E-state index in [1.807, 2.05) is 36.7 Å². The zero-order valence-corrected chi connectivity index (χ0v) is 15.6. The van der Waals surface area contributed by atoms with Gasteiger partial charge in [-0.15, -0.1) is 0 Å². The Morgan fingerprint density at radius 3 is 2.38 bits per heavy atom. The molecular formula is C20H22ClN5. The number of benzene rings is 1. The first-order valence-electron chi connectivity index (χ1n) is 8.98. The average Bonchev–Trinajstić information content (AvgIpc) is 3.19. The molecule has 0 bridgehead atoms. The molecule has 1 aromatic carbocycles. The first-order valence-corrected chi connectivity index (χ1v) is 9.36. The van der Waals surface area contributed by atoms with Gasteiger partial charge in [0.15, 0.2) is 0 Å². The number of nitrogens with one attached hydrogen (secondary N) is 1. The fourth-order valence-corrected chi connectivity index (χ4v) is 3.37. The number of likely N-dealkylation sites (N-methyl/N-ethyl adjacent to an activating group) is 1. The maximum absolute atomic E-state index is 5.95. The second-order valence-corrected chi connectivity index (χ2v) is 6.90. The van der Waals surface area contributed by atoms with Gasteiger partial charge in [-0.25, -0.2) is 9.97 Å². The molecule has 0 spiro atoms. The predicted molar refractivity (Wildman–Crippen MR) is 107 cm³/mol. The van der Waals surface area contributed by atoms with Crippen molar-refractivity contribution >= 4 is 17.4 Å². The molecular weight excluding hydrogens is 346 g/mol. The molecule has 1 aliphatic rings. The van der Waals surface area contributed by atoms with Crippen molar-refractivity contribution in [2.75, 3.05) is 37.6 Å². The molecule has 0 saturated carbocycles. The van der Waals surface area contributed by atoms with Gasteiger partial charge in [-0.1, -0.05) is 30.7 Å². The first kappa shape index (κ1) is 17.1. The first-order chi connectivity index (χ1) is 12.7. The molecule has 26 heavy (non-hydrogen) atoms. The van der Waals surface area contributed by atoms with Crippen LogP contribution in [0.5, 0.6) is 0 Å².